The van der Waals surface area contributed by atoms with Crippen LogP contribution in [0.3, 0.4) is 0 Å². The Hall–Kier alpha value is -1.14. The quantitative estimate of drug-likeness (QED) is 0.865. The van der Waals surface area contributed by atoms with E-state index in [1.165, 1.54) is 17.8 Å². The number of hydrogen-bond acceptors (Lipinski definition) is 4. The van der Waals surface area contributed by atoms with Crippen molar-refractivity contribution < 1.29 is 4.79 Å². The second-order valence-electron chi connectivity index (χ2n) is 4.99. The third kappa shape index (κ3) is 3.20. The number of carbonyl (C=O) groups is 1. The Morgan fingerprint density at radius 1 is 1.72 bits per heavy atom. The summed E-state index contributed by atoms with van der Waals surface area (Å²) in [6.45, 7) is 5.73. The first-order valence-corrected chi connectivity index (χ1v) is 7.21. The number of nitrogens with zero attached hydrogens (tertiary/aromatic N) is 2. The van der Waals surface area contributed by atoms with Crippen LogP contribution < -0.4 is 11.1 Å². The molecular weight excluding hydrogens is 248 g/mol. The molecule has 0 aromatic carbocycles. The number of anilines is 1. The van der Waals surface area contributed by atoms with Crippen LogP contribution in [0.1, 0.15) is 38.4 Å². The third-order valence-corrected chi connectivity index (χ3v) is 3.92. The zero-order valence-electron chi connectivity index (χ0n) is 10.8. The van der Waals surface area contributed by atoms with Gasteiger partial charge in [0.25, 0.3) is 0 Å². The number of urea groups is 1. The molecule has 2 amide bonds. The van der Waals surface area contributed by atoms with E-state index in [2.05, 4.69) is 17.2 Å². The SMILES string of the molecule is CC1CCCN(C(=O)Nc2nc(C(C)N)cs2)C1. The van der Waals surface area contributed by atoms with E-state index in [-0.39, 0.29) is 12.1 Å². The highest BCUT2D eigenvalue weighted by Crippen LogP contribution is 2.21. The Morgan fingerprint density at radius 2 is 2.50 bits per heavy atom. The summed E-state index contributed by atoms with van der Waals surface area (Å²) < 4.78 is 0. The molecule has 0 spiro atoms. The predicted molar refractivity (Wildman–Crippen MR) is 73.7 cm³/mol. The summed E-state index contributed by atoms with van der Waals surface area (Å²) in [6.07, 6.45) is 2.29. The van der Waals surface area contributed by atoms with E-state index in [1.54, 1.807) is 0 Å². The normalized spacial score (nSPS) is 21.7. The minimum absolute atomic E-state index is 0.0490. The fourth-order valence-electron chi connectivity index (χ4n) is 2.10. The highest BCUT2D eigenvalue weighted by atomic mass is 32.1. The summed E-state index contributed by atoms with van der Waals surface area (Å²) in [5.41, 5.74) is 6.56. The Balaban J connectivity index is 1.93. The Bertz CT molecular complexity index is 418. The van der Waals surface area contributed by atoms with Crippen molar-refractivity contribution >= 4 is 22.5 Å². The molecule has 1 aliphatic heterocycles. The average Bonchev–Trinajstić information content (AvgIpc) is 2.77. The van der Waals surface area contributed by atoms with Crippen LogP contribution >= 0.6 is 11.3 Å². The number of nitrogens with one attached hydrogen (secondary N) is 1. The molecule has 1 fully saturated rings. The zero-order valence-corrected chi connectivity index (χ0v) is 11.7. The number of hydrogen-bond donors (Lipinski definition) is 2. The number of rotatable bonds is 2. The molecule has 2 atom stereocenters. The number of aromatic nitrogens is 1. The predicted octanol–water partition coefficient (Wildman–Crippen LogP) is 2.43. The minimum Gasteiger partial charge on any atom is -0.324 e. The van der Waals surface area contributed by atoms with Gasteiger partial charge in [-0.25, -0.2) is 9.78 Å². The maximum Gasteiger partial charge on any atom is 0.323 e. The van der Waals surface area contributed by atoms with Crippen LogP contribution in [0.2, 0.25) is 0 Å². The minimum atomic E-state index is -0.0955. The number of likely N-dealkylation sites (tertiary alicyclic amines) is 1. The van der Waals surface area contributed by atoms with E-state index in [4.69, 9.17) is 5.73 Å². The topological polar surface area (TPSA) is 71.2 Å². The van der Waals surface area contributed by atoms with E-state index in [1.807, 2.05) is 17.2 Å². The Kier molecular flexibility index (Phi) is 4.19. The molecule has 0 aliphatic carbocycles. The average molecular weight is 268 g/mol. The summed E-state index contributed by atoms with van der Waals surface area (Å²) in [6, 6.07) is -0.144. The molecule has 1 aromatic rings. The lowest BCUT2D eigenvalue weighted by molar-refractivity contribution is 0.182. The van der Waals surface area contributed by atoms with Gasteiger partial charge in [-0.2, -0.15) is 0 Å². The highest BCUT2D eigenvalue weighted by molar-refractivity contribution is 7.13. The maximum absolute atomic E-state index is 12.0. The van der Waals surface area contributed by atoms with E-state index in [0.717, 1.165) is 25.2 Å². The fourth-order valence-corrected chi connectivity index (χ4v) is 2.90. The summed E-state index contributed by atoms with van der Waals surface area (Å²) in [4.78, 5) is 18.2. The first-order valence-electron chi connectivity index (χ1n) is 6.33. The summed E-state index contributed by atoms with van der Waals surface area (Å²) in [5, 5.41) is 5.36. The molecule has 6 heteroatoms. The van der Waals surface area contributed by atoms with Crippen molar-refractivity contribution in [2.45, 2.75) is 32.7 Å². The van der Waals surface area contributed by atoms with Crippen molar-refractivity contribution in [2.24, 2.45) is 11.7 Å². The van der Waals surface area contributed by atoms with Gasteiger partial charge in [0.15, 0.2) is 5.13 Å². The van der Waals surface area contributed by atoms with Gasteiger partial charge in [-0.1, -0.05) is 6.92 Å². The van der Waals surface area contributed by atoms with Crippen molar-refractivity contribution in [3.05, 3.63) is 11.1 Å². The van der Waals surface area contributed by atoms with E-state index < -0.39 is 0 Å². The van der Waals surface area contributed by atoms with Crippen molar-refractivity contribution in [3.63, 3.8) is 0 Å². The molecule has 2 heterocycles. The summed E-state index contributed by atoms with van der Waals surface area (Å²) in [5.74, 6) is 0.584. The molecule has 18 heavy (non-hydrogen) atoms. The van der Waals surface area contributed by atoms with Gasteiger partial charge in [0.05, 0.1) is 5.69 Å². The summed E-state index contributed by atoms with van der Waals surface area (Å²) >= 11 is 1.42. The van der Waals surface area contributed by atoms with Gasteiger partial charge in [-0.15, -0.1) is 11.3 Å². The molecule has 1 aliphatic rings. The lowest BCUT2D eigenvalue weighted by atomic mass is 10.0. The molecule has 2 unspecified atom stereocenters. The van der Waals surface area contributed by atoms with Gasteiger partial charge >= 0.3 is 6.03 Å². The highest BCUT2D eigenvalue weighted by Gasteiger charge is 2.21. The number of nitrogens with two attached hydrogens (primary N) is 1. The van der Waals surface area contributed by atoms with Crippen LogP contribution in [0.15, 0.2) is 5.38 Å². The van der Waals surface area contributed by atoms with Crippen LogP contribution in [0.4, 0.5) is 9.93 Å². The van der Waals surface area contributed by atoms with Crippen LogP contribution in [-0.2, 0) is 0 Å². The van der Waals surface area contributed by atoms with Gasteiger partial charge in [0.2, 0.25) is 0 Å². The smallest absolute Gasteiger partial charge is 0.323 e. The van der Waals surface area contributed by atoms with Crippen molar-refractivity contribution in [1.29, 1.82) is 0 Å². The van der Waals surface area contributed by atoms with E-state index in [0.29, 0.717) is 11.0 Å². The second-order valence-corrected chi connectivity index (χ2v) is 5.85. The fraction of sp³-hybridized carbons (Fsp3) is 0.667. The summed E-state index contributed by atoms with van der Waals surface area (Å²) in [7, 11) is 0. The number of amides is 2. The molecular formula is C12H20N4OS. The molecule has 0 radical (unpaired) electrons. The first kappa shape index (κ1) is 13.3. The van der Waals surface area contributed by atoms with Crippen LogP contribution in [0.25, 0.3) is 0 Å². The standard InChI is InChI=1S/C12H20N4OS/c1-8-4-3-5-16(6-8)12(17)15-11-14-10(7-18-11)9(2)13/h7-9H,3-6,13H2,1-2H3,(H,14,15,17). The van der Waals surface area contributed by atoms with E-state index >= 15 is 0 Å². The third-order valence-electron chi connectivity index (χ3n) is 3.15. The zero-order chi connectivity index (χ0) is 13.1. The molecule has 1 saturated heterocycles. The molecule has 0 saturated carbocycles. The van der Waals surface area contributed by atoms with Gasteiger partial charge in [-0.3, -0.25) is 5.32 Å². The van der Waals surface area contributed by atoms with Crippen molar-refractivity contribution in [3.8, 4) is 0 Å². The van der Waals surface area contributed by atoms with Crippen molar-refractivity contribution in [2.75, 3.05) is 18.4 Å². The monoisotopic (exact) mass is 268 g/mol. The largest absolute Gasteiger partial charge is 0.324 e. The lowest BCUT2D eigenvalue weighted by Crippen LogP contribution is -2.41. The van der Waals surface area contributed by atoms with Gasteiger partial charge in [0.1, 0.15) is 0 Å². The van der Waals surface area contributed by atoms with E-state index in [9.17, 15) is 4.79 Å². The number of carbonyl (C=O) groups excluding carboxylic acids is 1. The van der Waals surface area contributed by atoms with Gasteiger partial charge < -0.3 is 10.6 Å². The first-order chi connectivity index (χ1) is 8.56. The van der Waals surface area contributed by atoms with Gasteiger partial charge in [0, 0.05) is 24.5 Å². The second kappa shape index (κ2) is 5.67. The molecule has 1 aromatic heterocycles. The lowest BCUT2D eigenvalue weighted by Gasteiger charge is -2.30. The number of piperidine rings is 1. The number of thiazole rings is 1. The molecule has 100 valence electrons. The molecule has 5 nitrogen and oxygen atoms in total. The van der Waals surface area contributed by atoms with Crippen LogP contribution in [0, 0.1) is 5.92 Å². The molecule has 0 bridgehead atoms. The van der Waals surface area contributed by atoms with Crippen molar-refractivity contribution in [1.82, 2.24) is 9.88 Å². The van der Waals surface area contributed by atoms with Gasteiger partial charge in [-0.05, 0) is 25.7 Å². The molecule has 2 rings (SSSR count). The Morgan fingerprint density at radius 3 is 3.11 bits per heavy atom. The Labute approximate surface area is 111 Å². The maximum atomic E-state index is 12.0. The van der Waals surface area contributed by atoms with Crippen LogP contribution in [-0.4, -0.2) is 29.0 Å². The molecule has 3 N–H and O–H groups in total. The van der Waals surface area contributed by atoms with Crippen LogP contribution in [0.5, 0.6) is 0 Å².